The lowest BCUT2D eigenvalue weighted by Crippen LogP contribution is -2.54. The molecule has 2 rings (SSSR count). The second-order valence-corrected chi connectivity index (χ2v) is 11.4. The lowest BCUT2D eigenvalue weighted by molar-refractivity contribution is -0.137. The van der Waals surface area contributed by atoms with Crippen LogP contribution in [0.4, 0.5) is 13.2 Å². The number of rotatable bonds is 14. The van der Waals surface area contributed by atoms with Crippen molar-refractivity contribution in [1.82, 2.24) is 9.62 Å². The van der Waals surface area contributed by atoms with Crippen molar-refractivity contribution in [2.45, 2.75) is 82.7 Å². The smallest absolute Gasteiger partial charge is 0.243 e. The van der Waals surface area contributed by atoms with E-state index in [0.717, 1.165) is 6.07 Å². The van der Waals surface area contributed by atoms with E-state index < -0.39 is 57.3 Å². The van der Waals surface area contributed by atoms with E-state index in [1.807, 2.05) is 20.8 Å². The van der Waals surface area contributed by atoms with Crippen LogP contribution >= 0.6 is 0 Å². The Kier molecular flexibility index (Phi) is 10.3. The molecule has 0 saturated heterocycles. The highest BCUT2D eigenvalue weighted by Gasteiger charge is 2.39. The fraction of sp³-hybridized carbons (Fsp3) is 0.696. The Morgan fingerprint density at radius 2 is 1.79 bits per heavy atom. The van der Waals surface area contributed by atoms with Crippen LogP contribution in [0.1, 0.15) is 58.4 Å². The fourth-order valence-corrected chi connectivity index (χ4v) is 5.46. The third kappa shape index (κ3) is 7.93. The number of hydrogen-bond donors (Lipinski definition) is 3. The number of nitrogens with one attached hydrogen (secondary N) is 1. The fourth-order valence-electron chi connectivity index (χ4n) is 3.94. The molecular formula is C23H36F3N3O4S. The number of benzene rings is 1. The van der Waals surface area contributed by atoms with Gasteiger partial charge in [-0.1, -0.05) is 20.8 Å². The number of aliphatic hydroxyl groups excluding tert-OH is 1. The molecule has 0 heterocycles. The minimum absolute atomic E-state index is 0.00194. The van der Waals surface area contributed by atoms with Crippen molar-refractivity contribution in [3.8, 4) is 0 Å². The molecule has 1 aromatic carbocycles. The van der Waals surface area contributed by atoms with Gasteiger partial charge >= 0.3 is 0 Å². The van der Waals surface area contributed by atoms with Crippen molar-refractivity contribution < 1.29 is 31.5 Å². The van der Waals surface area contributed by atoms with Gasteiger partial charge in [-0.2, -0.15) is 0 Å². The summed E-state index contributed by atoms with van der Waals surface area (Å²) in [5.41, 5.74) is 6.11. The molecule has 1 amide bonds. The molecule has 11 heteroatoms. The molecule has 0 bridgehead atoms. The summed E-state index contributed by atoms with van der Waals surface area (Å²) >= 11 is 0. The van der Waals surface area contributed by atoms with Gasteiger partial charge in [0.25, 0.3) is 0 Å². The lowest BCUT2D eigenvalue weighted by Gasteiger charge is -2.35. The van der Waals surface area contributed by atoms with E-state index in [2.05, 4.69) is 4.72 Å². The van der Waals surface area contributed by atoms with E-state index in [1.165, 1.54) is 0 Å². The van der Waals surface area contributed by atoms with Gasteiger partial charge in [0.05, 0.1) is 11.9 Å². The zero-order valence-corrected chi connectivity index (χ0v) is 20.8. The first-order valence-electron chi connectivity index (χ1n) is 11.7. The molecule has 3 atom stereocenters. The zero-order chi connectivity index (χ0) is 25.6. The first-order chi connectivity index (χ1) is 15.9. The van der Waals surface area contributed by atoms with Crippen LogP contribution in [0, 0.1) is 23.4 Å². The molecule has 194 valence electrons. The summed E-state index contributed by atoms with van der Waals surface area (Å²) < 4.78 is 67.6. The largest absolute Gasteiger partial charge is 0.394 e. The second kappa shape index (κ2) is 12.3. The number of carbonyl (C=O) groups excluding carboxylic acids is 1. The molecule has 1 saturated carbocycles. The van der Waals surface area contributed by atoms with E-state index in [9.17, 15) is 31.5 Å². The standard InChI is InChI=1S/C23H36F3N3O4S/c1-4-17(6-5-16(27)9-15-10-20(25)21(26)11-19(15)24)29(12-14(2)3)23(31)22(13-30)28-34(32,33)18-7-8-18/h10-11,14,16-18,22,28,30H,4-9,12-13,27H2,1-3H3/t16-,17?,22-/m0/s1. The Balaban J connectivity index is 2.09. The summed E-state index contributed by atoms with van der Waals surface area (Å²) in [6.07, 6.45) is 2.43. The monoisotopic (exact) mass is 507 g/mol. The highest BCUT2D eigenvalue weighted by atomic mass is 32.2. The van der Waals surface area contributed by atoms with Crippen LogP contribution in [-0.2, 0) is 21.2 Å². The Morgan fingerprint density at radius 3 is 2.32 bits per heavy atom. The van der Waals surface area contributed by atoms with Crippen molar-refractivity contribution >= 4 is 15.9 Å². The Labute approximate surface area is 199 Å². The van der Waals surface area contributed by atoms with Gasteiger partial charge in [0.2, 0.25) is 15.9 Å². The lowest BCUT2D eigenvalue weighted by atomic mass is 9.97. The highest BCUT2D eigenvalue weighted by Crippen LogP contribution is 2.28. The topological polar surface area (TPSA) is 113 Å². The molecule has 1 aromatic rings. The number of aliphatic hydroxyl groups is 1. The van der Waals surface area contributed by atoms with Crippen LogP contribution in [0.15, 0.2) is 12.1 Å². The molecule has 4 N–H and O–H groups in total. The number of nitrogens with zero attached hydrogens (tertiary/aromatic N) is 1. The van der Waals surface area contributed by atoms with E-state index in [1.54, 1.807) is 4.90 Å². The number of hydrogen-bond acceptors (Lipinski definition) is 5. The highest BCUT2D eigenvalue weighted by molar-refractivity contribution is 7.90. The van der Waals surface area contributed by atoms with Gasteiger partial charge in [-0.25, -0.2) is 26.3 Å². The normalized spacial score (nSPS) is 17.0. The van der Waals surface area contributed by atoms with Crippen LogP contribution in [0.25, 0.3) is 0 Å². The number of halogens is 3. The molecule has 1 fully saturated rings. The van der Waals surface area contributed by atoms with Gasteiger partial charge in [0, 0.05) is 24.7 Å². The maximum absolute atomic E-state index is 14.0. The molecule has 0 spiro atoms. The number of amides is 1. The van der Waals surface area contributed by atoms with Gasteiger partial charge in [-0.15, -0.1) is 0 Å². The molecule has 34 heavy (non-hydrogen) atoms. The minimum Gasteiger partial charge on any atom is -0.394 e. The first kappa shape index (κ1) is 28.5. The number of nitrogens with two attached hydrogens (primary N) is 1. The predicted molar refractivity (Wildman–Crippen MR) is 124 cm³/mol. The van der Waals surface area contributed by atoms with Crippen molar-refractivity contribution in [3.05, 3.63) is 35.1 Å². The SMILES string of the molecule is CCC(CC[C@H](N)Cc1cc(F)c(F)cc1F)N(CC(C)C)C(=O)[C@H](CO)NS(=O)(=O)C1CC1. The van der Waals surface area contributed by atoms with E-state index in [-0.39, 0.29) is 23.9 Å². The zero-order valence-electron chi connectivity index (χ0n) is 19.9. The van der Waals surface area contributed by atoms with Crippen LogP contribution in [0.5, 0.6) is 0 Å². The predicted octanol–water partition coefficient (Wildman–Crippen LogP) is 2.46. The van der Waals surface area contributed by atoms with E-state index in [0.29, 0.717) is 44.7 Å². The second-order valence-electron chi connectivity index (χ2n) is 9.44. The summed E-state index contributed by atoms with van der Waals surface area (Å²) in [7, 11) is -3.68. The average molecular weight is 508 g/mol. The molecule has 0 aliphatic heterocycles. The molecule has 1 aliphatic carbocycles. The molecule has 1 unspecified atom stereocenters. The third-order valence-corrected chi connectivity index (χ3v) is 7.91. The first-order valence-corrected chi connectivity index (χ1v) is 13.3. The van der Waals surface area contributed by atoms with Crippen molar-refractivity contribution in [3.63, 3.8) is 0 Å². The minimum atomic E-state index is -3.68. The molecule has 0 radical (unpaired) electrons. The Bertz CT molecular complexity index is 942. The molecule has 0 aromatic heterocycles. The van der Waals surface area contributed by atoms with Crippen LogP contribution in [0.2, 0.25) is 0 Å². The van der Waals surface area contributed by atoms with Gasteiger partial charge in [0.1, 0.15) is 11.9 Å². The molecule has 1 aliphatic rings. The Morgan fingerprint density at radius 1 is 1.18 bits per heavy atom. The van der Waals surface area contributed by atoms with Crippen LogP contribution in [0.3, 0.4) is 0 Å². The summed E-state index contributed by atoms with van der Waals surface area (Å²) in [5.74, 6) is -3.70. The molecule has 7 nitrogen and oxygen atoms in total. The summed E-state index contributed by atoms with van der Waals surface area (Å²) in [4.78, 5) is 14.8. The summed E-state index contributed by atoms with van der Waals surface area (Å²) in [6.45, 7) is 5.42. The van der Waals surface area contributed by atoms with Crippen molar-refractivity contribution in [2.24, 2.45) is 11.7 Å². The van der Waals surface area contributed by atoms with Crippen LogP contribution in [-0.4, -0.2) is 60.9 Å². The van der Waals surface area contributed by atoms with Gasteiger partial charge < -0.3 is 15.7 Å². The van der Waals surface area contributed by atoms with Crippen molar-refractivity contribution in [2.75, 3.05) is 13.2 Å². The molecular weight excluding hydrogens is 471 g/mol. The quantitative estimate of drug-likeness (QED) is 0.335. The average Bonchev–Trinajstić information content (AvgIpc) is 3.61. The van der Waals surface area contributed by atoms with Crippen LogP contribution < -0.4 is 10.5 Å². The third-order valence-electron chi connectivity index (χ3n) is 5.95. The summed E-state index contributed by atoms with van der Waals surface area (Å²) in [6, 6.07) is -0.841. The number of carbonyl (C=O) groups is 1. The van der Waals surface area contributed by atoms with Gasteiger partial charge in [-0.05, 0) is 56.1 Å². The Hall–Kier alpha value is -1.69. The maximum atomic E-state index is 14.0. The maximum Gasteiger partial charge on any atom is 0.243 e. The van der Waals surface area contributed by atoms with Crippen molar-refractivity contribution in [1.29, 1.82) is 0 Å². The summed E-state index contributed by atoms with van der Waals surface area (Å²) in [5, 5.41) is 9.24. The van der Waals surface area contributed by atoms with E-state index >= 15 is 0 Å². The van der Waals surface area contributed by atoms with Gasteiger partial charge in [-0.3, -0.25) is 4.79 Å². The number of sulfonamides is 1. The van der Waals surface area contributed by atoms with E-state index in [4.69, 9.17) is 5.73 Å². The van der Waals surface area contributed by atoms with Gasteiger partial charge in [0.15, 0.2) is 11.6 Å².